The molecule has 202 valence electrons. The number of nitro benzene ring substituents is 1. The van der Waals surface area contributed by atoms with Gasteiger partial charge in [0.15, 0.2) is 5.60 Å². The topological polar surface area (TPSA) is 91.1 Å². The van der Waals surface area contributed by atoms with Gasteiger partial charge in [-0.25, -0.2) is 4.79 Å². The van der Waals surface area contributed by atoms with Gasteiger partial charge in [0.05, 0.1) is 16.1 Å². The Kier molecular flexibility index (Phi) is 5.47. The van der Waals surface area contributed by atoms with Gasteiger partial charge in [-0.1, -0.05) is 36.4 Å². The second-order valence-corrected chi connectivity index (χ2v) is 10.3. The van der Waals surface area contributed by atoms with E-state index in [2.05, 4.69) is 0 Å². The summed E-state index contributed by atoms with van der Waals surface area (Å²) in [7, 11) is 3.92. The molecule has 1 spiro atoms. The van der Waals surface area contributed by atoms with Gasteiger partial charge >= 0.3 is 5.97 Å². The van der Waals surface area contributed by atoms with Crippen molar-refractivity contribution in [2.45, 2.75) is 12.2 Å². The van der Waals surface area contributed by atoms with E-state index in [1.54, 1.807) is 24.3 Å². The van der Waals surface area contributed by atoms with Crippen molar-refractivity contribution < 1.29 is 23.9 Å². The Morgan fingerprint density at radius 3 is 2.49 bits per heavy atom. The number of fused-ring (bicyclic) bond motifs is 8. The summed E-state index contributed by atoms with van der Waals surface area (Å²) in [6.07, 6.45) is 0. The number of nitrogens with zero attached hydrogens (tertiary/aromatic N) is 2. The van der Waals surface area contributed by atoms with Crippen molar-refractivity contribution in [3.05, 3.63) is 135 Å². The summed E-state index contributed by atoms with van der Waals surface area (Å²) in [5.41, 5.74) is 3.10. The summed E-state index contributed by atoms with van der Waals surface area (Å²) in [6, 6.07) is 29.4. The summed E-state index contributed by atoms with van der Waals surface area (Å²) in [4.78, 5) is 26.1. The number of carbonyl (C=O) groups excluding carboxylic acids is 1. The van der Waals surface area contributed by atoms with E-state index in [4.69, 9.17) is 14.2 Å². The minimum atomic E-state index is -1.16. The van der Waals surface area contributed by atoms with Crippen molar-refractivity contribution in [1.82, 2.24) is 0 Å². The largest absolute Gasteiger partial charge is 0.489 e. The fourth-order valence-corrected chi connectivity index (χ4v) is 5.77. The Bertz CT molecular complexity index is 1900. The maximum Gasteiger partial charge on any atom is 0.340 e. The molecular weight excluding hydrogens is 520 g/mol. The Hall–Kier alpha value is -5.37. The van der Waals surface area contributed by atoms with Crippen LogP contribution in [0.25, 0.3) is 10.8 Å². The molecular formula is C33H24N2O6. The first-order valence-electron chi connectivity index (χ1n) is 13.1. The highest BCUT2D eigenvalue weighted by atomic mass is 16.6. The van der Waals surface area contributed by atoms with E-state index in [0.717, 1.165) is 33.2 Å². The third-order valence-corrected chi connectivity index (χ3v) is 7.75. The molecule has 0 aliphatic carbocycles. The Labute approximate surface area is 235 Å². The molecule has 0 amide bonds. The van der Waals surface area contributed by atoms with Gasteiger partial charge in [0, 0.05) is 54.0 Å². The van der Waals surface area contributed by atoms with E-state index >= 15 is 0 Å². The van der Waals surface area contributed by atoms with E-state index in [1.165, 1.54) is 6.07 Å². The molecule has 0 fully saturated rings. The predicted molar refractivity (Wildman–Crippen MR) is 154 cm³/mol. The first-order valence-corrected chi connectivity index (χ1v) is 13.1. The fraction of sp³-hybridized carbons (Fsp3) is 0.121. The third-order valence-electron chi connectivity index (χ3n) is 7.75. The highest BCUT2D eigenvalue weighted by molar-refractivity contribution is 5.99. The summed E-state index contributed by atoms with van der Waals surface area (Å²) >= 11 is 0. The lowest BCUT2D eigenvalue weighted by Gasteiger charge is -2.37. The number of nitro groups is 1. The van der Waals surface area contributed by atoms with Crippen LogP contribution in [0.15, 0.2) is 97.1 Å². The van der Waals surface area contributed by atoms with Crippen LogP contribution in [-0.4, -0.2) is 25.0 Å². The lowest BCUT2D eigenvalue weighted by molar-refractivity contribution is -0.385. The molecule has 5 aromatic carbocycles. The van der Waals surface area contributed by atoms with Gasteiger partial charge in [0.25, 0.3) is 5.69 Å². The van der Waals surface area contributed by atoms with Crippen molar-refractivity contribution in [3.8, 4) is 17.2 Å². The van der Waals surface area contributed by atoms with Crippen LogP contribution >= 0.6 is 0 Å². The molecule has 5 aromatic rings. The molecule has 2 heterocycles. The standard InChI is InChI=1S/C33H24N2O6/c1-34(2)22-12-16-27-30(18-22)40-31-24-14-13-23(39-19-21-7-3-6-10-29(21)35(37)38)17-20(24)11-15-28(31)33(27)26-9-5-4-8-25(26)32(36)41-33/h3-18H,19H2,1-2H3. The average Bonchev–Trinajstić information content (AvgIpc) is 3.28. The van der Waals surface area contributed by atoms with Crippen LogP contribution in [0.4, 0.5) is 11.4 Å². The highest BCUT2D eigenvalue weighted by Gasteiger charge is 2.53. The van der Waals surface area contributed by atoms with Crippen molar-refractivity contribution in [2.24, 2.45) is 0 Å². The molecule has 1 atom stereocenters. The molecule has 2 aliphatic heterocycles. The number of benzene rings is 5. The number of rotatable bonds is 5. The van der Waals surface area contributed by atoms with Gasteiger partial charge in [-0.2, -0.15) is 0 Å². The predicted octanol–water partition coefficient (Wildman–Crippen LogP) is 6.96. The van der Waals surface area contributed by atoms with Gasteiger partial charge < -0.3 is 19.1 Å². The Morgan fingerprint density at radius 1 is 0.878 bits per heavy atom. The molecule has 0 radical (unpaired) electrons. The van der Waals surface area contributed by atoms with Crippen LogP contribution in [0, 0.1) is 10.1 Å². The zero-order valence-electron chi connectivity index (χ0n) is 22.3. The lowest BCUT2D eigenvalue weighted by Crippen LogP contribution is -2.33. The quantitative estimate of drug-likeness (QED) is 0.134. The molecule has 0 saturated carbocycles. The molecule has 7 rings (SSSR count). The molecule has 0 aromatic heterocycles. The summed E-state index contributed by atoms with van der Waals surface area (Å²) in [6.45, 7) is 0.0562. The van der Waals surface area contributed by atoms with Crippen molar-refractivity contribution in [1.29, 1.82) is 0 Å². The lowest BCUT2D eigenvalue weighted by atomic mass is 9.77. The molecule has 0 N–H and O–H groups in total. The van der Waals surface area contributed by atoms with Gasteiger partial charge in [0.2, 0.25) is 0 Å². The van der Waals surface area contributed by atoms with Crippen LogP contribution in [0.1, 0.15) is 32.6 Å². The third kappa shape index (κ3) is 3.71. The number of carbonyl (C=O) groups is 1. The number of anilines is 1. The second kappa shape index (κ2) is 9.09. The minimum Gasteiger partial charge on any atom is -0.489 e. The fourth-order valence-electron chi connectivity index (χ4n) is 5.77. The zero-order chi connectivity index (χ0) is 28.3. The van der Waals surface area contributed by atoms with Crippen LogP contribution in [0.3, 0.4) is 0 Å². The van der Waals surface area contributed by atoms with Crippen LogP contribution in [0.5, 0.6) is 17.2 Å². The van der Waals surface area contributed by atoms with Crippen molar-refractivity contribution in [2.75, 3.05) is 19.0 Å². The minimum absolute atomic E-state index is 0.0169. The maximum absolute atomic E-state index is 13.2. The molecule has 1 unspecified atom stereocenters. The monoisotopic (exact) mass is 544 g/mol. The van der Waals surface area contributed by atoms with Crippen molar-refractivity contribution >= 4 is 28.1 Å². The van der Waals surface area contributed by atoms with E-state index in [0.29, 0.717) is 28.4 Å². The van der Waals surface area contributed by atoms with Crippen molar-refractivity contribution in [3.63, 3.8) is 0 Å². The van der Waals surface area contributed by atoms with Gasteiger partial charge in [0.1, 0.15) is 23.9 Å². The summed E-state index contributed by atoms with van der Waals surface area (Å²) in [5, 5.41) is 13.1. The molecule has 8 nitrogen and oxygen atoms in total. The normalized spacial score (nSPS) is 16.4. The first kappa shape index (κ1) is 24.7. The van der Waals surface area contributed by atoms with E-state index < -0.39 is 10.5 Å². The van der Waals surface area contributed by atoms with Gasteiger partial charge in [-0.3, -0.25) is 10.1 Å². The summed E-state index contributed by atoms with van der Waals surface area (Å²) in [5.74, 6) is 1.39. The number of hydrogen-bond donors (Lipinski definition) is 0. The Balaban J connectivity index is 1.35. The molecule has 2 aliphatic rings. The van der Waals surface area contributed by atoms with E-state index in [-0.39, 0.29) is 18.3 Å². The maximum atomic E-state index is 13.2. The average molecular weight is 545 g/mol. The highest BCUT2D eigenvalue weighted by Crippen LogP contribution is 2.58. The first-order chi connectivity index (χ1) is 19.9. The van der Waals surface area contributed by atoms with Crippen LogP contribution < -0.4 is 14.4 Å². The molecule has 41 heavy (non-hydrogen) atoms. The zero-order valence-corrected chi connectivity index (χ0v) is 22.3. The van der Waals surface area contributed by atoms with E-state index in [9.17, 15) is 14.9 Å². The smallest absolute Gasteiger partial charge is 0.340 e. The number of ether oxygens (including phenoxy) is 3. The van der Waals surface area contributed by atoms with Gasteiger partial charge in [-0.15, -0.1) is 0 Å². The number of para-hydroxylation sites is 1. The number of hydrogen-bond acceptors (Lipinski definition) is 7. The second-order valence-electron chi connectivity index (χ2n) is 10.3. The molecule has 0 saturated heterocycles. The number of esters is 1. The summed E-state index contributed by atoms with van der Waals surface area (Å²) < 4.78 is 18.9. The van der Waals surface area contributed by atoms with Crippen LogP contribution in [-0.2, 0) is 16.9 Å². The van der Waals surface area contributed by atoms with Gasteiger partial charge in [-0.05, 0) is 53.9 Å². The van der Waals surface area contributed by atoms with E-state index in [1.807, 2.05) is 85.7 Å². The Morgan fingerprint density at radius 2 is 1.66 bits per heavy atom. The molecule has 0 bridgehead atoms. The molecule has 8 heteroatoms. The SMILES string of the molecule is CN(C)c1ccc2c(c1)Oc1c(ccc3cc(OCc4ccccc4[N+](=O)[O-])ccc13)C21OC(=O)c2ccccc21. The van der Waals surface area contributed by atoms with Crippen LogP contribution in [0.2, 0.25) is 0 Å².